The molecule has 1 N–H and O–H groups in total. The number of ether oxygens (including phenoxy) is 1. The van der Waals surface area contributed by atoms with Gasteiger partial charge in [0.1, 0.15) is 0 Å². The summed E-state index contributed by atoms with van der Waals surface area (Å²) in [4.78, 5) is 11.6. The Labute approximate surface area is 145 Å². The van der Waals surface area contributed by atoms with Gasteiger partial charge < -0.3 is 14.5 Å². The minimum Gasteiger partial charge on any atom is -0.462 e. The van der Waals surface area contributed by atoms with E-state index in [1.54, 1.807) is 19.1 Å². The van der Waals surface area contributed by atoms with Crippen LogP contribution in [0.4, 0.5) is 5.69 Å². The molecule has 6 heteroatoms. The summed E-state index contributed by atoms with van der Waals surface area (Å²) in [6, 6.07) is 16.8. The first-order chi connectivity index (χ1) is 12.3. The third-order valence-electron chi connectivity index (χ3n) is 3.55. The van der Waals surface area contributed by atoms with E-state index in [0.29, 0.717) is 36.9 Å². The number of rotatable bonds is 7. The molecule has 2 aromatic carbocycles. The molecule has 128 valence electrons. The van der Waals surface area contributed by atoms with Crippen LogP contribution in [0.2, 0.25) is 0 Å². The number of esters is 1. The van der Waals surface area contributed by atoms with E-state index in [1.165, 1.54) is 0 Å². The lowest BCUT2D eigenvalue weighted by Gasteiger charge is -2.06. The van der Waals surface area contributed by atoms with Crippen LogP contribution in [0.5, 0.6) is 0 Å². The number of hydrogen-bond donors (Lipinski definition) is 1. The van der Waals surface area contributed by atoms with Gasteiger partial charge in [0, 0.05) is 24.2 Å². The predicted molar refractivity (Wildman–Crippen MR) is 94.3 cm³/mol. The number of anilines is 1. The Morgan fingerprint density at radius 3 is 2.56 bits per heavy atom. The van der Waals surface area contributed by atoms with Crippen molar-refractivity contribution in [2.45, 2.75) is 13.3 Å². The fraction of sp³-hybridized carbons (Fsp3) is 0.211. The van der Waals surface area contributed by atoms with Crippen LogP contribution in [0, 0.1) is 0 Å². The van der Waals surface area contributed by atoms with E-state index in [0.717, 1.165) is 11.3 Å². The normalized spacial score (nSPS) is 10.4. The zero-order chi connectivity index (χ0) is 17.5. The van der Waals surface area contributed by atoms with Crippen LogP contribution >= 0.6 is 0 Å². The second-order valence-corrected chi connectivity index (χ2v) is 5.34. The molecule has 0 saturated carbocycles. The highest BCUT2D eigenvalue weighted by Crippen LogP contribution is 2.17. The third kappa shape index (κ3) is 4.44. The smallest absolute Gasteiger partial charge is 0.338 e. The van der Waals surface area contributed by atoms with E-state index < -0.39 is 0 Å². The van der Waals surface area contributed by atoms with E-state index in [-0.39, 0.29) is 5.97 Å². The van der Waals surface area contributed by atoms with Crippen LogP contribution in [0.25, 0.3) is 11.5 Å². The van der Waals surface area contributed by atoms with E-state index in [9.17, 15) is 4.79 Å². The highest BCUT2D eigenvalue weighted by Gasteiger charge is 2.08. The fourth-order valence-electron chi connectivity index (χ4n) is 2.30. The molecule has 0 aliphatic carbocycles. The summed E-state index contributed by atoms with van der Waals surface area (Å²) in [5, 5.41) is 11.4. The van der Waals surface area contributed by atoms with Gasteiger partial charge in [-0.25, -0.2) is 4.79 Å². The molecule has 0 bridgehead atoms. The lowest BCUT2D eigenvalue weighted by molar-refractivity contribution is 0.0526. The summed E-state index contributed by atoms with van der Waals surface area (Å²) in [7, 11) is 0. The molecule has 0 spiro atoms. The van der Waals surface area contributed by atoms with Crippen molar-refractivity contribution in [2.24, 2.45) is 0 Å². The number of benzene rings is 2. The zero-order valence-corrected chi connectivity index (χ0v) is 13.9. The Morgan fingerprint density at radius 2 is 1.84 bits per heavy atom. The third-order valence-corrected chi connectivity index (χ3v) is 3.55. The van der Waals surface area contributed by atoms with E-state index in [2.05, 4.69) is 15.5 Å². The second-order valence-electron chi connectivity index (χ2n) is 5.34. The molecule has 3 aromatic rings. The lowest BCUT2D eigenvalue weighted by atomic mass is 10.2. The van der Waals surface area contributed by atoms with Gasteiger partial charge in [0.05, 0.1) is 12.2 Å². The summed E-state index contributed by atoms with van der Waals surface area (Å²) in [5.41, 5.74) is 2.36. The number of nitrogens with one attached hydrogen (secondary N) is 1. The van der Waals surface area contributed by atoms with Crippen LogP contribution in [0.15, 0.2) is 59.0 Å². The number of hydrogen-bond acceptors (Lipinski definition) is 6. The minimum atomic E-state index is -0.312. The Bertz CT molecular complexity index is 813. The largest absolute Gasteiger partial charge is 0.462 e. The molecule has 0 atom stereocenters. The van der Waals surface area contributed by atoms with Crippen LogP contribution in [0.3, 0.4) is 0 Å². The molecule has 0 unspecified atom stereocenters. The number of carbonyl (C=O) groups is 1. The highest BCUT2D eigenvalue weighted by molar-refractivity contribution is 5.89. The van der Waals surface area contributed by atoms with Crippen molar-refractivity contribution in [3.8, 4) is 11.5 Å². The standard InChI is InChI=1S/C19H19N3O3/c1-2-24-19(23)15-8-10-16(11-9-15)20-13-12-17-21-22-18(25-17)14-6-4-3-5-7-14/h3-11,20H,2,12-13H2,1H3. The van der Waals surface area contributed by atoms with Gasteiger partial charge in [-0.1, -0.05) is 18.2 Å². The van der Waals surface area contributed by atoms with E-state index in [1.807, 2.05) is 42.5 Å². The maximum absolute atomic E-state index is 11.6. The molecule has 0 aliphatic rings. The molecule has 1 heterocycles. The molecule has 0 radical (unpaired) electrons. The van der Waals surface area contributed by atoms with E-state index >= 15 is 0 Å². The first-order valence-corrected chi connectivity index (χ1v) is 8.15. The van der Waals surface area contributed by atoms with E-state index in [4.69, 9.17) is 9.15 Å². The fourth-order valence-corrected chi connectivity index (χ4v) is 2.30. The van der Waals surface area contributed by atoms with Gasteiger partial charge in [-0.05, 0) is 43.3 Å². The van der Waals surface area contributed by atoms with Crippen LogP contribution in [-0.2, 0) is 11.2 Å². The molecule has 0 fully saturated rings. The average molecular weight is 337 g/mol. The van der Waals surface area contributed by atoms with Gasteiger partial charge in [-0.3, -0.25) is 0 Å². The maximum Gasteiger partial charge on any atom is 0.338 e. The molecule has 6 nitrogen and oxygen atoms in total. The Kier molecular flexibility index (Phi) is 5.41. The van der Waals surface area contributed by atoms with Crippen LogP contribution < -0.4 is 5.32 Å². The minimum absolute atomic E-state index is 0.312. The van der Waals surface area contributed by atoms with Gasteiger partial charge in [0.15, 0.2) is 0 Å². The summed E-state index contributed by atoms with van der Waals surface area (Å²) in [6.45, 7) is 2.80. The van der Waals surface area contributed by atoms with Crippen molar-refractivity contribution < 1.29 is 13.9 Å². The van der Waals surface area contributed by atoms with Gasteiger partial charge in [-0.15, -0.1) is 10.2 Å². The van der Waals surface area contributed by atoms with Gasteiger partial charge >= 0.3 is 5.97 Å². The molecule has 1 aromatic heterocycles. The monoisotopic (exact) mass is 337 g/mol. The predicted octanol–water partition coefficient (Wildman–Crippen LogP) is 3.57. The summed E-state index contributed by atoms with van der Waals surface area (Å²) in [6.07, 6.45) is 0.611. The maximum atomic E-state index is 11.6. The summed E-state index contributed by atoms with van der Waals surface area (Å²) >= 11 is 0. The molecular formula is C19H19N3O3. The molecule has 0 saturated heterocycles. The quantitative estimate of drug-likeness (QED) is 0.664. The zero-order valence-electron chi connectivity index (χ0n) is 13.9. The molecular weight excluding hydrogens is 318 g/mol. The van der Waals surface area contributed by atoms with Crippen molar-refractivity contribution in [3.63, 3.8) is 0 Å². The van der Waals surface area contributed by atoms with Gasteiger partial charge in [0.25, 0.3) is 0 Å². The van der Waals surface area contributed by atoms with Crippen LogP contribution in [-0.4, -0.2) is 29.3 Å². The SMILES string of the molecule is CCOC(=O)c1ccc(NCCc2nnc(-c3ccccc3)o2)cc1. The van der Waals surface area contributed by atoms with Crippen molar-refractivity contribution >= 4 is 11.7 Å². The number of nitrogens with zero attached hydrogens (tertiary/aromatic N) is 2. The number of carbonyl (C=O) groups excluding carboxylic acids is 1. The first kappa shape index (κ1) is 16.7. The van der Waals surface area contributed by atoms with Crippen molar-refractivity contribution in [1.29, 1.82) is 0 Å². The van der Waals surface area contributed by atoms with Crippen molar-refractivity contribution in [3.05, 3.63) is 66.1 Å². The van der Waals surface area contributed by atoms with Crippen molar-refractivity contribution in [2.75, 3.05) is 18.5 Å². The molecule has 0 amide bonds. The van der Waals surface area contributed by atoms with Crippen LogP contribution in [0.1, 0.15) is 23.2 Å². The topological polar surface area (TPSA) is 77.2 Å². The van der Waals surface area contributed by atoms with Crippen molar-refractivity contribution in [1.82, 2.24) is 10.2 Å². The van der Waals surface area contributed by atoms with Gasteiger partial charge in [-0.2, -0.15) is 0 Å². The Hall–Kier alpha value is -3.15. The number of aromatic nitrogens is 2. The van der Waals surface area contributed by atoms with Gasteiger partial charge in [0.2, 0.25) is 11.8 Å². The molecule has 25 heavy (non-hydrogen) atoms. The molecule has 3 rings (SSSR count). The first-order valence-electron chi connectivity index (χ1n) is 8.15. The Morgan fingerprint density at radius 1 is 1.08 bits per heavy atom. The average Bonchev–Trinajstić information content (AvgIpc) is 3.12. The summed E-state index contributed by atoms with van der Waals surface area (Å²) < 4.78 is 10.6. The lowest BCUT2D eigenvalue weighted by Crippen LogP contribution is -2.07. The Balaban J connectivity index is 1.51. The molecule has 0 aliphatic heterocycles. The summed E-state index contributed by atoms with van der Waals surface area (Å²) in [5.74, 6) is 0.789. The highest BCUT2D eigenvalue weighted by atomic mass is 16.5. The second kappa shape index (κ2) is 8.10.